The van der Waals surface area contributed by atoms with Gasteiger partial charge in [-0.15, -0.1) is 0 Å². The first-order valence-corrected chi connectivity index (χ1v) is 9.63. The SMILES string of the molecule is CCCCOc1ccc(-c2nn(-c3ccc(Cl)cc3)cc2C=C(C#N)C#N)cc1. The van der Waals surface area contributed by atoms with Gasteiger partial charge in [-0.05, 0) is 61.0 Å². The zero-order chi connectivity index (χ0) is 20.6. The summed E-state index contributed by atoms with van der Waals surface area (Å²) in [6.45, 7) is 2.80. The predicted octanol–water partition coefficient (Wildman–Crippen LogP) is 5.80. The van der Waals surface area contributed by atoms with Crippen LogP contribution in [0.5, 0.6) is 5.75 Å². The van der Waals surface area contributed by atoms with Crippen molar-refractivity contribution < 1.29 is 4.74 Å². The summed E-state index contributed by atoms with van der Waals surface area (Å²) in [6.07, 6.45) is 5.42. The molecule has 2 aromatic carbocycles. The molecule has 0 radical (unpaired) electrons. The Labute approximate surface area is 175 Å². The summed E-state index contributed by atoms with van der Waals surface area (Å²) in [7, 11) is 0. The molecule has 0 fully saturated rings. The maximum atomic E-state index is 9.14. The average molecular weight is 403 g/mol. The van der Waals surface area contributed by atoms with Crippen molar-refractivity contribution in [2.45, 2.75) is 19.8 Å². The standard InChI is InChI=1S/C23H19ClN4O/c1-2-3-12-29-22-10-4-18(5-11-22)23-19(13-17(14-25)15-26)16-28(27-23)21-8-6-20(24)7-9-21/h4-11,13,16H,2-3,12H2,1H3. The highest BCUT2D eigenvalue weighted by Crippen LogP contribution is 2.28. The van der Waals surface area contributed by atoms with E-state index in [0.29, 0.717) is 22.9 Å². The third kappa shape index (κ3) is 5.04. The summed E-state index contributed by atoms with van der Waals surface area (Å²) in [4.78, 5) is 0. The van der Waals surface area contributed by atoms with Crippen LogP contribution in [0.15, 0.2) is 60.3 Å². The lowest BCUT2D eigenvalue weighted by Crippen LogP contribution is -1.96. The highest BCUT2D eigenvalue weighted by atomic mass is 35.5. The maximum absolute atomic E-state index is 9.14. The van der Waals surface area contributed by atoms with Crippen LogP contribution in [0.1, 0.15) is 25.3 Å². The first-order chi connectivity index (χ1) is 14.1. The molecule has 0 spiro atoms. The normalized spacial score (nSPS) is 10.1. The number of rotatable bonds is 7. The number of halogens is 1. The molecule has 5 nitrogen and oxygen atoms in total. The smallest absolute Gasteiger partial charge is 0.130 e. The molecule has 29 heavy (non-hydrogen) atoms. The Balaban J connectivity index is 2.00. The average Bonchev–Trinajstić information content (AvgIpc) is 3.17. The van der Waals surface area contributed by atoms with Gasteiger partial charge >= 0.3 is 0 Å². The van der Waals surface area contributed by atoms with E-state index in [2.05, 4.69) is 12.0 Å². The number of nitriles is 2. The summed E-state index contributed by atoms with van der Waals surface area (Å²) >= 11 is 5.98. The summed E-state index contributed by atoms with van der Waals surface area (Å²) in [6, 6.07) is 18.7. The zero-order valence-electron chi connectivity index (χ0n) is 16.0. The fraction of sp³-hybridized carbons (Fsp3) is 0.174. The van der Waals surface area contributed by atoms with E-state index in [1.807, 2.05) is 48.5 Å². The van der Waals surface area contributed by atoms with E-state index >= 15 is 0 Å². The maximum Gasteiger partial charge on any atom is 0.130 e. The third-order valence-corrected chi connectivity index (χ3v) is 4.52. The fourth-order valence-corrected chi connectivity index (χ4v) is 2.86. The predicted molar refractivity (Wildman–Crippen MR) is 114 cm³/mol. The van der Waals surface area contributed by atoms with Crippen LogP contribution in [0, 0.1) is 22.7 Å². The molecule has 1 aromatic heterocycles. The lowest BCUT2D eigenvalue weighted by molar-refractivity contribution is 0.309. The van der Waals surface area contributed by atoms with Gasteiger partial charge in [0.25, 0.3) is 0 Å². The molecular weight excluding hydrogens is 384 g/mol. The minimum Gasteiger partial charge on any atom is -0.494 e. The topological polar surface area (TPSA) is 74.6 Å². The number of hydrogen-bond acceptors (Lipinski definition) is 4. The Kier molecular flexibility index (Phi) is 6.68. The number of nitrogens with zero attached hydrogens (tertiary/aromatic N) is 4. The molecule has 0 aliphatic carbocycles. The van der Waals surface area contributed by atoms with Gasteiger partial charge in [-0.25, -0.2) is 4.68 Å². The van der Waals surface area contributed by atoms with Gasteiger partial charge in [0, 0.05) is 22.3 Å². The molecule has 0 amide bonds. The van der Waals surface area contributed by atoms with Crippen molar-refractivity contribution >= 4 is 17.7 Å². The number of hydrogen-bond donors (Lipinski definition) is 0. The van der Waals surface area contributed by atoms with Gasteiger partial charge in [0.05, 0.1) is 12.3 Å². The van der Waals surface area contributed by atoms with Gasteiger partial charge < -0.3 is 4.74 Å². The molecule has 0 saturated carbocycles. The van der Waals surface area contributed by atoms with Crippen LogP contribution in [0.4, 0.5) is 0 Å². The molecule has 0 N–H and O–H groups in total. The van der Waals surface area contributed by atoms with Gasteiger partial charge in [-0.3, -0.25) is 0 Å². The van der Waals surface area contributed by atoms with E-state index in [1.54, 1.807) is 29.1 Å². The Bertz CT molecular complexity index is 1070. The highest BCUT2D eigenvalue weighted by molar-refractivity contribution is 6.30. The van der Waals surface area contributed by atoms with Crippen LogP contribution in [-0.4, -0.2) is 16.4 Å². The summed E-state index contributed by atoms with van der Waals surface area (Å²) in [5.74, 6) is 0.797. The molecule has 1 heterocycles. The zero-order valence-corrected chi connectivity index (χ0v) is 16.7. The summed E-state index contributed by atoms with van der Waals surface area (Å²) in [5.41, 5.74) is 3.05. The van der Waals surface area contributed by atoms with Crippen molar-refractivity contribution in [1.82, 2.24) is 9.78 Å². The lowest BCUT2D eigenvalue weighted by Gasteiger charge is -2.06. The van der Waals surface area contributed by atoms with Crippen LogP contribution in [0.2, 0.25) is 5.02 Å². The second kappa shape index (κ2) is 9.59. The second-order valence-electron chi connectivity index (χ2n) is 6.36. The van der Waals surface area contributed by atoms with E-state index in [4.69, 9.17) is 26.9 Å². The van der Waals surface area contributed by atoms with Crippen molar-refractivity contribution in [3.8, 4) is 34.8 Å². The Hall–Kier alpha value is -3.54. The molecule has 144 valence electrons. The molecular formula is C23H19ClN4O. The number of aromatic nitrogens is 2. The van der Waals surface area contributed by atoms with Crippen molar-refractivity contribution in [3.05, 3.63) is 70.9 Å². The summed E-state index contributed by atoms with van der Waals surface area (Å²) in [5, 5.41) is 23.6. The monoisotopic (exact) mass is 402 g/mol. The first-order valence-electron chi connectivity index (χ1n) is 9.25. The molecule has 3 aromatic rings. The van der Waals surface area contributed by atoms with Crippen LogP contribution in [0.25, 0.3) is 23.0 Å². The number of unbranched alkanes of at least 4 members (excludes halogenated alkanes) is 1. The fourth-order valence-electron chi connectivity index (χ4n) is 2.73. The second-order valence-corrected chi connectivity index (χ2v) is 6.80. The molecule has 0 saturated heterocycles. The first kappa shape index (κ1) is 20.2. The van der Waals surface area contributed by atoms with E-state index in [0.717, 1.165) is 29.8 Å². The molecule has 0 aliphatic heterocycles. The van der Waals surface area contributed by atoms with Gasteiger partial charge in [-0.2, -0.15) is 15.6 Å². The van der Waals surface area contributed by atoms with E-state index in [1.165, 1.54) is 0 Å². The van der Waals surface area contributed by atoms with Gasteiger partial charge in [0.2, 0.25) is 0 Å². The summed E-state index contributed by atoms with van der Waals surface area (Å²) < 4.78 is 7.42. The van der Waals surface area contributed by atoms with Gasteiger partial charge in [-0.1, -0.05) is 24.9 Å². The molecule has 0 unspecified atom stereocenters. The Morgan fingerprint density at radius 1 is 1.10 bits per heavy atom. The van der Waals surface area contributed by atoms with Crippen molar-refractivity contribution in [2.24, 2.45) is 0 Å². The Morgan fingerprint density at radius 3 is 2.41 bits per heavy atom. The molecule has 3 rings (SSSR count). The Morgan fingerprint density at radius 2 is 1.79 bits per heavy atom. The van der Waals surface area contributed by atoms with E-state index in [9.17, 15) is 0 Å². The molecule has 0 aliphatic rings. The highest BCUT2D eigenvalue weighted by Gasteiger charge is 2.12. The van der Waals surface area contributed by atoms with Gasteiger partial charge in [0.15, 0.2) is 0 Å². The third-order valence-electron chi connectivity index (χ3n) is 4.27. The quantitative estimate of drug-likeness (QED) is 0.369. The number of allylic oxidation sites excluding steroid dienone is 1. The molecule has 0 bridgehead atoms. The van der Waals surface area contributed by atoms with E-state index in [-0.39, 0.29) is 5.57 Å². The van der Waals surface area contributed by atoms with Crippen LogP contribution < -0.4 is 4.74 Å². The number of ether oxygens (including phenoxy) is 1. The van der Waals surface area contributed by atoms with E-state index < -0.39 is 0 Å². The minimum absolute atomic E-state index is 0.0152. The van der Waals surface area contributed by atoms with Crippen molar-refractivity contribution in [3.63, 3.8) is 0 Å². The van der Waals surface area contributed by atoms with Gasteiger partial charge in [0.1, 0.15) is 29.2 Å². The van der Waals surface area contributed by atoms with Crippen molar-refractivity contribution in [2.75, 3.05) is 6.61 Å². The molecule has 0 atom stereocenters. The minimum atomic E-state index is 0.0152. The largest absolute Gasteiger partial charge is 0.494 e. The molecule has 6 heteroatoms. The lowest BCUT2D eigenvalue weighted by atomic mass is 10.1. The van der Waals surface area contributed by atoms with Crippen LogP contribution >= 0.6 is 11.6 Å². The van der Waals surface area contributed by atoms with Crippen molar-refractivity contribution in [1.29, 1.82) is 10.5 Å². The number of benzene rings is 2. The van der Waals surface area contributed by atoms with Crippen LogP contribution in [-0.2, 0) is 0 Å². The van der Waals surface area contributed by atoms with Crippen LogP contribution in [0.3, 0.4) is 0 Å².